The first-order chi connectivity index (χ1) is 11.3. The number of aromatic nitrogens is 1. The largest absolute Gasteiger partial charge is 0.363 e. The number of carbonyl (C=O) groups excluding carboxylic acids is 2. The maximum Gasteiger partial charge on any atom is 0.276 e. The molecule has 0 aliphatic carbocycles. The van der Waals surface area contributed by atoms with Crippen LogP contribution in [0.1, 0.15) is 19.4 Å². The predicted octanol–water partition coefficient (Wildman–Crippen LogP) is 0.644. The van der Waals surface area contributed by atoms with Crippen molar-refractivity contribution in [2.75, 3.05) is 7.11 Å². The number of piperazine rings is 1. The fourth-order valence-corrected chi connectivity index (χ4v) is 3.13. The van der Waals surface area contributed by atoms with Crippen LogP contribution < -0.4 is 10.6 Å². The normalized spacial score (nSPS) is 27.4. The molecule has 7 nitrogen and oxygen atoms in total. The van der Waals surface area contributed by atoms with Crippen molar-refractivity contribution in [1.29, 1.82) is 0 Å². The fraction of sp³-hybridized carbons (Fsp3) is 0.412. The Balaban J connectivity index is 1.92. The zero-order valence-corrected chi connectivity index (χ0v) is 13.8. The third-order valence-corrected chi connectivity index (χ3v) is 4.59. The molecular formula is C17H21N3O4. The Morgan fingerprint density at radius 3 is 2.54 bits per heavy atom. The third-order valence-electron chi connectivity index (χ3n) is 4.59. The Bertz CT molecular complexity index is 800. The van der Waals surface area contributed by atoms with E-state index in [9.17, 15) is 14.7 Å². The SMILES string of the molecule is CO[C@@]1(C(C)C)NC(=O)[C@](O)(Cc2c[nH]c3ccccc23)NC1=O. The summed E-state index contributed by atoms with van der Waals surface area (Å²) in [4.78, 5) is 28.1. The number of hydrogen-bond acceptors (Lipinski definition) is 4. The van der Waals surface area contributed by atoms with Gasteiger partial charge < -0.3 is 25.5 Å². The topological polar surface area (TPSA) is 103 Å². The molecule has 2 aromatic rings. The standard InChI is InChI=1S/C17H21N3O4/c1-10(2)17(24-3)15(22)19-16(23,14(21)20-17)8-11-9-18-13-7-5-4-6-12(11)13/h4-7,9-10,18,23H,8H2,1-3H3,(H,19,22)(H,20,21)/t16-,17-/m1/s1. The van der Waals surface area contributed by atoms with Crippen LogP contribution in [0, 0.1) is 5.92 Å². The van der Waals surface area contributed by atoms with Gasteiger partial charge in [-0.3, -0.25) is 9.59 Å². The molecule has 0 radical (unpaired) electrons. The zero-order valence-electron chi connectivity index (χ0n) is 13.8. The van der Waals surface area contributed by atoms with Crippen LogP contribution in [0.3, 0.4) is 0 Å². The quantitative estimate of drug-likeness (QED) is 0.660. The van der Waals surface area contributed by atoms with E-state index in [4.69, 9.17) is 4.74 Å². The van der Waals surface area contributed by atoms with Gasteiger partial charge in [0.15, 0.2) is 0 Å². The molecule has 2 heterocycles. The number of rotatable bonds is 4. The minimum Gasteiger partial charge on any atom is -0.363 e. The molecule has 2 amide bonds. The molecule has 0 spiro atoms. The molecule has 1 aromatic heterocycles. The second-order valence-corrected chi connectivity index (χ2v) is 6.40. The third kappa shape index (κ3) is 2.37. The van der Waals surface area contributed by atoms with Gasteiger partial charge >= 0.3 is 0 Å². The van der Waals surface area contributed by atoms with Gasteiger partial charge in [0.2, 0.25) is 11.4 Å². The Hall–Kier alpha value is -2.38. The highest BCUT2D eigenvalue weighted by Gasteiger charge is 2.55. The predicted molar refractivity (Wildman–Crippen MR) is 87.8 cm³/mol. The molecule has 0 unspecified atom stereocenters. The van der Waals surface area contributed by atoms with Crippen LogP contribution in [0.2, 0.25) is 0 Å². The summed E-state index contributed by atoms with van der Waals surface area (Å²) in [6.45, 7) is 3.51. The fourth-order valence-electron chi connectivity index (χ4n) is 3.13. The van der Waals surface area contributed by atoms with E-state index in [-0.39, 0.29) is 12.3 Å². The highest BCUT2D eigenvalue weighted by Crippen LogP contribution is 2.28. The number of fused-ring (bicyclic) bond motifs is 1. The van der Waals surface area contributed by atoms with E-state index in [1.165, 1.54) is 7.11 Å². The van der Waals surface area contributed by atoms with E-state index < -0.39 is 23.3 Å². The molecule has 24 heavy (non-hydrogen) atoms. The van der Waals surface area contributed by atoms with Gasteiger partial charge in [-0.05, 0) is 11.6 Å². The summed E-state index contributed by atoms with van der Waals surface area (Å²) in [6.07, 6.45) is 1.68. The molecule has 1 aromatic carbocycles. The smallest absolute Gasteiger partial charge is 0.276 e. The number of ether oxygens (including phenoxy) is 1. The monoisotopic (exact) mass is 331 g/mol. The Morgan fingerprint density at radius 2 is 1.88 bits per heavy atom. The summed E-state index contributed by atoms with van der Waals surface area (Å²) in [5.74, 6) is -1.56. The van der Waals surface area contributed by atoms with Gasteiger partial charge in [0.05, 0.1) is 0 Å². The molecule has 7 heteroatoms. The van der Waals surface area contributed by atoms with Crippen LogP contribution in [0.4, 0.5) is 0 Å². The van der Waals surface area contributed by atoms with Gasteiger partial charge in [0.25, 0.3) is 11.8 Å². The number of carbonyl (C=O) groups is 2. The van der Waals surface area contributed by atoms with Crippen molar-refractivity contribution < 1.29 is 19.4 Å². The first kappa shape index (κ1) is 16.5. The van der Waals surface area contributed by atoms with Crippen molar-refractivity contribution in [2.24, 2.45) is 5.92 Å². The Labute approximate surface area is 139 Å². The first-order valence-electron chi connectivity index (χ1n) is 7.80. The molecule has 1 fully saturated rings. The lowest BCUT2D eigenvalue weighted by Crippen LogP contribution is -2.77. The van der Waals surface area contributed by atoms with Crippen LogP contribution in [0.5, 0.6) is 0 Å². The lowest BCUT2D eigenvalue weighted by molar-refractivity contribution is -0.186. The molecule has 0 bridgehead atoms. The van der Waals surface area contributed by atoms with Crippen molar-refractivity contribution in [3.63, 3.8) is 0 Å². The number of H-pyrrole nitrogens is 1. The lowest BCUT2D eigenvalue weighted by Gasteiger charge is -2.44. The first-order valence-corrected chi connectivity index (χ1v) is 7.80. The minimum absolute atomic E-state index is 0.0491. The summed E-state index contributed by atoms with van der Waals surface area (Å²) in [5, 5.41) is 16.6. The molecule has 1 aliphatic heterocycles. The lowest BCUT2D eigenvalue weighted by atomic mass is 9.91. The van der Waals surface area contributed by atoms with Crippen LogP contribution in [0.25, 0.3) is 10.9 Å². The number of benzene rings is 1. The maximum absolute atomic E-state index is 12.5. The van der Waals surface area contributed by atoms with Gasteiger partial charge in [0, 0.05) is 36.5 Å². The molecule has 128 valence electrons. The molecule has 3 rings (SSSR count). The number of aromatic amines is 1. The van der Waals surface area contributed by atoms with E-state index in [2.05, 4.69) is 15.6 Å². The van der Waals surface area contributed by atoms with Gasteiger partial charge in [0.1, 0.15) is 0 Å². The average Bonchev–Trinajstić information content (AvgIpc) is 2.94. The van der Waals surface area contributed by atoms with Crippen molar-refractivity contribution in [1.82, 2.24) is 15.6 Å². The molecule has 0 saturated carbocycles. The summed E-state index contributed by atoms with van der Waals surface area (Å²) < 4.78 is 5.26. The molecular weight excluding hydrogens is 310 g/mol. The van der Waals surface area contributed by atoms with Gasteiger partial charge in [-0.15, -0.1) is 0 Å². The summed E-state index contributed by atoms with van der Waals surface area (Å²) >= 11 is 0. The molecule has 1 aliphatic rings. The van der Waals surface area contributed by atoms with E-state index in [0.29, 0.717) is 0 Å². The number of para-hydroxylation sites is 1. The van der Waals surface area contributed by atoms with Crippen LogP contribution in [-0.2, 0) is 20.7 Å². The summed E-state index contributed by atoms with van der Waals surface area (Å²) in [6, 6.07) is 7.55. The van der Waals surface area contributed by atoms with E-state index in [1.54, 1.807) is 20.0 Å². The number of aliphatic hydroxyl groups is 1. The molecule has 2 atom stereocenters. The van der Waals surface area contributed by atoms with Gasteiger partial charge in [-0.25, -0.2) is 0 Å². The number of amides is 2. The van der Waals surface area contributed by atoms with E-state index in [1.807, 2.05) is 24.3 Å². The Kier molecular flexibility index (Phi) is 3.85. The average molecular weight is 331 g/mol. The van der Waals surface area contributed by atoms with Crippen molar-refractivity contribution in [3.8, 4) is 0 Å². The van der Waals surface area contributed by atoms with E-state index in [0.717, 1.165) is 16.5 Å². The number of hydrogen-bond donors (Lipinski definition) is 4. The highest BCUT2D eigenvalue weighted by molar-refractivity contribution is 6.01. The summed E-state index contributed by atoms with van der Waals surface area (Å²) in [5.41, 5.74) is -1.88. The van der Waals surface area contributed by atoms with E-state index >= 15 is 0 Å². The van der Waals surface area contributed by atoms with Crippen molar-refractivity contribution in [3.05, 3.63) is 36.0 Å². The zero-order chi connectivity index (χ0) is 17.5. The van der Waals surface area contributed by atoms with Crippen LogP contribution in [-0.4, -0.2) is 40.5 Å². The Morgan fingerprint density at radius 1 is 1.17 bits per heavy atom. The van der Waals surface area contributed by atoms with Gasteiger partial charge in [-0.1, -0.05) is 32.0 Å². The maximum atomic E-state index is 12.5. The minimum atomic E-state index is -2.03. The van der Waals surface area contributed by atoms with Crippen LogP contribution in [0.15, 0.2) is 30.5 Å². The number of nitrogens with one attached hydrogen (secondary N) is 3. The van der Waals surface area contributed by atoms with Crippen molar-refractivity contribution in [2.45, 2.75) is 31.7 Å². The highest BCUT2D eigenvalue weighted by atomic mass is 16.5. The van der Waals surface area contributed by atoms with Crippen LogP contribution >= 0.6 is 0 Å². The second kappa shape index (κ2) is 5.61. The molecule has 1 saturated heterocycles. The number of methoxy groups -OCH3 is 1. The molecule has 4 N–H and O–H groups in total. The summed E-state index contributed by atoms with van der Waals surface area (Å²) in [7, 11) is 1.35. The van der Waals surface area contributed by atoms with Crippen molar-refractivity contribution >= 4 is 22.7 Å². The van der Waals surface area contributed by atoms with Gasteiger partial charge in [-0.2, -0.15) is 0 Å². The second-order valence-electron chi connectivity index (χ2n) is 6.40.